The molecule has 2 aromatic rings. The number of amides is 1. The topological polar surface area (TPSA) is 44.4 Å². The summed E-state index contributed by atoms with van der Waals surface area (Å²) in [6.45, 7) is 3.74. The summed E-state index contributed by atoms with van der Waals surface area (Å²) >= 11 is 1.87. The predicted molar refractivity (Wildman–Crippen MR) is 106 cm³/mol. The number of hydrogen-bond donors (Lipinski definition) is 2. The van der Waals surface area contributed by atoms with Crippen LogP contribution in [0.2, 0.25) is 0 Å². The zero-order valence-corrected chi connectivity index (χ0v) is 15.9. The molecule has 138 valence electrons. The highest BCUT2D eigenvalue weighted by Crippen LogP contribution is 2.30. The molecule has 0 radical (unpaired) electrons. The highest BCUT2D eigenvalue weighted by Gasteiger charge is 2.26. The van der Waals surface area contributed by atoms with Gasteiger partial charge in [0.15, 0.2) is 0 Å². The van der Waals surface area contributed by atoms with E-state index in [1.807, 2.05) is 11.3 Å². The van der Waals surface area contributed by atoms with Crippen LogP contribution < -0.4 is 10.6 Å². The van der Waals surface area contributed by atoms with Gasteiger partial charge in [-0.25, -0.2) is 0 Å². The summed E-state index contributed by atoms with van der Waals surface area (Å²) in [5.74, 6) is 0.165. The lowest BCUT2D eigenvalue weighted by Gasteiger charge is -2.35. The number of nitrogens with zero attached hydrogens (tertiary/aromatic N) is 1. The molecule has 1 amide bonds. The van der Waals surface area contributed by atoms with Crippen LogP contribution in [0.5, 0.6) is 0 Å². The highest BCUT2D eigenvalue weighted by molar-refractivity contribution is 7.10. The van der Waals surface area contributed by atoms with Crippen molar-refractivity contribution in [1.82, 2.24) is 15.5 Å². The van der Waals surface area contributed by atoms with E-state index in [1.54, 1.807) is 0 Å². The van der Waals surface area contributed by atoms with Crippen LogP contribution in [-0.2, 0) is 17.8 Å². The molecule has 2 N–H and O–H groups in total. The molecule has 1 saturated heterocycles. The smallest absolute Gasteiger partial charge is 0.221 e. The summed E-state index contributed by atoms with van der Waals surface area (Å²) in [5.41, 5.74) is 2.73. The van der Waals surface area contributed by atoms with Crippen LogP contribution in [0.3, 0.4) is 0 Å². The van der Waals surface area contributed by atoms with Gasteiger partial charge < -0.3 is 10.6 Å². The van der Waals surface area contributed by atoms with Gasteiger partial charge in [0.1, 0.15) is 0 Å². The van der Waals surface area contributed by atoms with E-state index in [4.69, 9.17) is 0 Å². The first-order valence-electron chi connectivity index (χ1n) is 9.64. The van der Waals surface area contributed by atoms with Crippen molar-refractivity contribution < 1.29 is 4.79 Å². The van der Waals surface area contributed by atoms with Gasteiger partial charge >= 0.3 is 0 Å². The maximum Gasteiger partial charge on any atom is 0.221 e. The zero-order chi connectivity index (χ0) is 17.8. The van der Waals surface area contributed by atoms with Gasteiger partial charge in [0.25, 0.3) is 0 Å². The number of fused-ring (bicyclic) bond motifs is 1. The van der Waals surface area contributed by atoms with Gasteiger partial charge in [0.05, 0.1) is 6.04 Å². The Morgan fingerprint density at radius 1 is 1.31 bits per heavy atom. The summed E-state index contributed by atoms with van der Waals surface area (Å²) in [4.78, 5) is 16.4. The molecule has 1 fully saturated rings. The van der Waals surface area contributed by atoms with E-state index in [0.29, 0.717) is 19.0 Å². The van der Waals surface area contributed by atoms with Gasteiger partial charge in [-0.1, -0.05) is 30.3 Å². The minimum atomic E-state index is 0.165. The standard InChI is InChI=1S/C21H27N3OS/c25-21(13-18-7-4-10-22-18)23-14-19(16-5-2-1-3-6-16)24-11-8-20-17(15-24)9-12-26-20/h1-3,5-6,9,12,18-19,22H,4,7-8,10-11,13-15H2,(H,23,25). The maximum absolute atomic E-state index is 12.4. The van der Waals surface area contributed by atoms with E-state index in [1.165, 1.54) is 22.4 Å². The van der Waals surface area contributed by atoms with Gasteiger partial charge in [0, 0.05) is 37.0 Å². The second-order valence-corrected chi connectivity index (χ2v) is 8.32. The summed E-state index contributed by atoms with van der Waals surface area (Å²) in [7, 11) is 0. The Morgan fingerprint density at radius 3 is 3.00 bits per heavy atom. The van der Waals surface area contributed by atoms with Crippen LogP contribution in [0.15, 0.2) is 41.8 Å². The molecule has 2 aliphatic heterocycles. The third-order valence-corrected chi connectivity index (χ3v) is 6.57. The number of carbonyl (C=O) groups is 1. The molecule has 5 heteroatoms. The third kappa shape index (κ3) is 4.17. The molecular weight excluding hydrogens is 342 g/mol. The van der Waals surface area contributed by atoms with E-state index in [9.17, 15) is 4.79 Å². The van der Waals surface area contributed by atoms with Crippen LogP contribution in [0, 0.1) is 0 Å². The molecular formula is C21H27N3OS. The Morgan fingerprint density at radius 2 is 2.19 bits per heavy atom. The molecule has 1 aromatic heterocycles. The predicted octanol–water partition coefficient (Wildman–Crippen LogP) is 3.11. The van der Waals surface area contributed by atoms with Gasteiger partial charge in [-0.3, -0.25) is 9.69 Å². The lowest BCUT2D eigenvalue weighted by molar-refractivity contribution is -0.121. The fourth-order valence-corrected chi connectivity index (χ4v) is 5.00. The monoisotopic (exact) mass is 369 g/mol. The fourth-order valence-electron chi connectivity index (χ4n) is 4.11. The quantitative estimate of drug-likeness (QED) is 0.822. The van der Waals surface area contributed by atoms with Gasteiger partial charge in [-0.15, -0.1) is 11.3 Å². The molecule has 26 heavy (non-hydrogen) atoms. The molecule has 2 aliphatic rings. The number of thiophene rings is 1. The average Bonchev–Trinajstić information content (AvgIpc) is 3.34. The lowest BCUT2D eigenvalue weighted by atomic mass is 10.0. The van der Waals surface area contributed by atoms with E-state index < -0.39 is 0 Å². The highest BCUT2D eigenvalue weighted by atomic mass is 32.1. The van der Waals surface area contributed by atoms with Crippen molar-refractivity contribution in [3.05, 3.63) is 57.8 Å². The van der Waals surface area contributed by atoms with Crippen LogP contribution in [0.25, 0.3) is 0 Å². The molecule has 1 aromatic carbocycles. The van der Waals surface area contributed by atoms with E-state index in [0.717, 1.165) is 32.5 Å². The number of benzene rings is 1. The third-order valence-electron chi connectivity index (χ3n) is 5.55. The minimum Gasteiger partial charge on any atom is -0.354 e. The summed E-state index contributed by atoms with van der Waals surface area (Å²) in [6.07, 6.45) is 4.00. The molecule has 2 unspecified atom stereocenters. The van der Waals surface area contributed by atoms with Gasteiger partial charge in [-0.05, 0) is 48.4 Å². The first-order valence-corrected chi connectivity index (χ1v) is 10.5. The van der Waals surface area contributed by atoms with Crippen LogP contribution >= 0.6 is 11.3 Å². The normalized spacial score (nSPS) is 21.3. The molecule has 0 spiro atoms. The maximum atomic E-state index is 12.4. The Kier molecular flexibility index (Phi) is 5.68. The lowest BCUT2D eigenvalue weighted by Crippen LogP contribution is -2.41. The molecule has 3 heterocycles. The van der Waals surface area contributed by atoms with E-state index in [-0.39, 0.29) is 11.9 Å². The Balaban J connectivity index is 1.42. The van der Waals surface area contributed by atoms with Crippen molar-refractivity contribution in [2.75, 3.05) is 19.6 Å². The van der Waals surface area contributed by atoms with Crippen molar-refractivity contribution in [2.24, 2.45) is 0 Å². The van der Waals surface area contributed by atoms with Crippen molar-refractivity contribution in [1.29, 1.82) is 0 Å². The van der Waals surface area contributed by atoms with Gasteiger partial charge in [-0.2, -0.15) is 0 Å². The van der Waals surface area contributed by atoms with Crippen LogP contribution in [-0.4, -0.2) is 36.5 Å². The number of carbonyl (C=O) groups excluding carboxylic acids is 1. The minimum absolute atomic E-state index is 0.165. The molecule has 2 atom stereocenters. The van der Waals surface area contributed by atoms with Crippen molar-refractivity contribution in [3.8, 4) is 0 Å². The molecule has 0 saturated carbocycles. The number of nitrogens with one attached hydrogen (secondary N) is 2. The SMILES string of the molecule is O=C(CC1CCCN1)NCC(c1ccccc1)N1CCc2sccc2C1. The Bertz CT molecular complexity index is 724. The van der Waals surface area contributed by atoms with E-state index in [2.05, 4.69) is 57.3 Å². The largest absolute Gasteiger partial charge is 0.354 e. The van der Waals surface area contributed by atoms with Crippen molar-refractivity contribution in [2.45, 2.75) is 44.3 Å². The van der Waals surface area contributed by atoms with Crippen molar-refractivity contribution in [3.63, 3.8) is 0 Å². The summed E-state index contributed by atoms with van der Waals surface area (Å²) in [6, 6.07) is 13.4. The molecule has 0 aliphatic carbocycles. The van der Waals surface area contributed by atoms with Crippen LogP contribution in [0.1, 0.15) is 41.3 Å². The molecule has 4 rings (SSSR count). The van der Waals surface area contributed by atoms with E-state index >= 15 is 0 Å². The van der Waals surface area contributed by atoms with Gasteiger partial charge in [0.2, 0.25) is 5.91 Å². The summed E-state index contributed by atoms with van der Waals surface area (Å²) in [5, 5.41) is 8.81. The second-order valence-electron chi connectivity index (χ2n) is 7.32. The molecule has 0 bridgehead atoms. The first kappa shape index (κ1) is 17.7. The summed E-state index contributed by atoms with van der Waals surface area (Å²) < 4.78 is 0. The Hall–Kier alpha value is -1.69. The fraction of sp³-hybridized carbons (Fsp3) is 0.476. The number of rotatable bonds is 6. The average molecular weight is 370 g/mol. The second kappa shape index (κ2) is 8.33. The Labute approximate surface area is 159 Å². The first-order chi connectivity index (χ1) is 12.8. The zero-order valence-electron chi connectivity index (χ0n) is 15.1. The number of hydrogen-bond acceptors (Lipinski definition) is 4. The molecule has 4 nitrogen and oxygen atoms in total. The van der Waals surface area contributed by atoms with Crippen LogP contribution in [0.4, 0.5) is 0 Å². The van der Waals surface area contributed by atoms with Crippen molar-refractivity contribution >= 4 is 17.2 Å².